The highest BCUT2D eigenvalue weighted by Gasteiger charge is 2.30. The summed E-state index contributed by atoms with van der Waals surface area (Å²) < 4.78 is 1.70. The number of aromatic nitrogens is 2. The van der Waals surface area contributed by atoms with E-state index in [0.717, 1.165) is 25.2 Å². The minimum Gasteiger partial charge on any atom is -0.477 e. The first-order valence-corrected chi connectivity index (χ1v) is 6.45. The minimum atomic E-state index is -0.888. The number of carboxylic acids is 1. The van der Waals surface area contributed by atoms with Gasteiger partial charge in [0.25, 0.3) is 0 Å². The Morgan fingerprint density at radius 1 is 1.44 bits per heavy atom. The van der Waals surface area contributed by atoms with Crippen molar-refractivity contribution in [1.82, 2.24) is 9.78 Å². The van der Waals surface area contributed by atoms with Gasteiger partial charge in [-0.1, -0.05) is 6.92 Å². The molecule has 0 aromatic carbocycles. The summed E-state index contributed by atoms with van der Waals surface area (Å²) in [5.74, 6) is 0.569. The molecule has 0 amide bonds. The van der Waals surface area contributed by atoms with E-state index < -0.39 is 5.97 Å². The molecule has 1 saturated heterocycles. The molecule has 1 N–H and O–H groups in total. The number of hydrogen-bond donors (Lipinski definition) is 1. The van der Waals surface area contributed by atoms with Crippen LogP contribution in [0.15, 0.2) is 0 Å². The zero-order valence-electron chi connectivity index (χ0n) is 11.5. The second-order valence-electron chi connectivity index (χ2n) is 5.38. The number of aromatic carboxylic acids is 1. The van der Waals surface area contributed by atoms with E-state index in [-0.39, 0.29) is 0 Å². The van der Waals surface area contributed by atoms with Crippen molar-refractivity contribution in [2.45, 2.75) is 39.7 Å². The predicted molar refractivity (Wildman–Crippen MR) is 70.1 cm³/mol. The summed E-state index contributed by atoms with van der Waals surface area (Å²) in [6.45, 7) is 7.07. The molecule has 100 valence electrons. The third-order valence-corrected chi connectivity index (χ3v) is 3.82. The summed E-state index contributed by atoms with van der Waals surface area (Å²) in [4.78, 5) is 13.6. The first-order valence-electron chi connectivity index (χ1n) is 6.45. The third kappa shape index (κ3) is 2.09. The van der Waals surface area contributed by atoms with Gasteiger partial charge >= 0.3 is 5.97 Å². The van der Waals surface area contributed by atoms with Crippen LogP contribution in [0.25, 0.3) is 0 Å². The quantitative estimate of drug-likeness (QED) is 0.874. The largest absolute Gasteiger partial charge is 0.477 e. The molecule has 0 aliphatic carbocycles. The van der Waals surface area contributed by atoms with Crippen molar-refractivity contribution in [3.05, 3.63) is 11.3 Å². The average molecular weight is 251 g/mol. The Kier molecular flexibility index (Phi) is 3.32. The summed E-state index contributed by atoms with van der Waals surface area (Å²) >= 11 is 0. The van der Waals surface area contributed by atoms with Crippen molar-refractivity contribution in [3.8, 4) is 0 Å². The molecule has 1 aliphatic rings. The Morgan fingerprint density at radius 3 is 2.67 bits per heavy atom. The average Bonchev–Trinajstić information content (AvgIpc) is 2.53. The number of hydrogen-bond acceptors (Lipinski definition) is 3. The van der Waals surface area contributed by atoms with Crippen LogP contribution in [0.1, 0.15) is 42.7 Å². The normalized spacial score (nSPS) is 24.3. The molecule has 0 spiro atoms. The molecule has 0 bridgehead atoms. The summed E-state index contributed by atoms with van der Waals surface area (Å²) in [6.07, 6.45) is 2.21. The maximum Gasteiger partial charge on any atom is 0.341 e. The summed E-state index contributed by atoms with van der Waals surface area (Å²) in [6, 6.07) is 0.363. The van der Waals surface area contributed by atoms with Gasteiger partial charge in [-0.2, -0.15) is 5.10 Å². The van der Waals surface area contributed by atoms with Gasteiger partial charge in [0.05, 0.1) is 5.69 Å². The second kappa shape index (κ2) is 4.63. The van der Waals surface area contributed by atoms with Crippen LogP contribution in [-0.4, -0.2) is 33.4 Å². The van der Waals surface area contributed by atoms with Gasteiger partial charge in [0, 0.05) is 19.6 Å². The van der Waals surface area contributed by atoms with E-state index in [2.05, 4.69) is 23.8 Å². The molecule has 0 radical (unpaired) electrons. The molecule has 2 rings (SSSR count). The number of carboxylic acid groups (broad SMARTS) is 1. The lowest BCUT2D eigenvalue weighted by Crippen LogP contribution is -2.42. The lowest BCUT2D eigenvalue weighted by Gasteiger charge is -2.38. The Hall–Kier alpha value is -1.52. The Morgan fingerprint density at radius 2 is 2.11 bits per heavy atom. The van der Waals surface area contributed by atoms with Crippen LogP contribution in [0.3, 0.4) is 0 Å². The summed E-state index contributed by atoms with van der Waals surface area (Å²) in [5.41, 5.74) is 0.935. The van der Waals surface area contributed by atoms with E-state index >= 15 is 0 Å². The van der Waals surface area contributed by atoms with Crippen molar-refractivity contribution in [1.29, 1.82) is 0 Å². The highest BCUT2D eigenvalue weighted by Crippen LogP contribution is 2.31. The molecule has 5 nitrogen and oxygen atoms in total. The number of aryl methyl sites for hydroxylation is 2. The molecule has 1 fully saturated rings. The zero-order valence-corrected chi connectivity index (χ0v) is 11.5. The van der Waals surface area contributed by atoms with Crippen LogP contribution in [-0.2, 0) is 7.05 Å². The molecular weight excluding hydrogens is 230 g/mol. The van der Waals surface area contributed by atoms with Crippen LogP contribution in [0.5, 0.6) is 0 Å². The van der Waals surface area contributed by atoms with Crippen molar-refractivity contribution in [2.75, 3.05) is 11.4 Å². The van der Waals surface area contributed by atoms with E-state index in [1.54, 1.807) is 11.6 Å². The summed E-state index contributed by atoms with van der Waals surface area (Å²) in [7, 11) is 1.82. The van der Waals surface area contributed by atoms with Gasteiger partial charge < -0.3 is 10.0 Å². The fourth-order valence-corrected chi connectivity index (χ4v) is 2.95. The van der Waals surface area contributed by atoms with Gasteiger partial charge in [-0.15, -0.1) is 0 Å². The number of rotatable bonds is 2. The molecular formula is C13H21N3O2. The Balaban J connectivity index is 2.41. The smallest absolute Gasteiger partial charge is 0.341 e. The van der Waals surface area contributed by atoms with Gasteiger partial charge in [0.15, 0.2) is 0 Å². The van der Waals surface area contributed by atoms with Crippen LogP contribution >= 0.6 is 0 Å². The summed E-state index contributed by atoms with van der Waals surface area (Å²) in [5, 5.41) is 13.6. The second-order valence-corrected chi connectivity index (χ2v) is 5.38. The number of piperidine rings is 1. The highest BCUT2D eigenvalue weighted by atomic mass is 16.4. The van der Waals surface area contributed by atoms with Crippen molar-refractivity contribution >= 4 is 11.8 Å². The number of carbonyl (C=O) groups is 1. The van der Waals surface area contributed by atoms with Crippen molar-refractivity contribution in [3.63, 3.8) is 0 Å². The fourth-order valence-electron chi connectivity index (χ4n) is 2.95. The van der Waals surface area contributed by atoms with E-state index in [9.17, 15) is 9.90 Å². The first kappa shape index (κ1) is 12.9. The molecule has 1 aromatic heterocycles. The molecule has 2 unspecified atom stereocenters. The van der Waals surface area contributed by atoms with Crippen LogP contribution in [0, 0.1) is 12.8 Å². The van der Waals surface area contributed by atoms with Gasteiger partial charge in [-0.3, -0.25) is 4.68 Å². The SMILES string of the molecule is Cc1nn(C)c(N2CCC(C)CC2C)c1C(=O)O. The van der Waals surface area contributed by atoms with Crippen LogP contribution in [0.4, 0.5) is 5.82 Å². The fraction of sp³-hybridized carbons (Fsp3) is 0.692. The molecule has 18 heavy (non-hydrogen) atoms. The monoisotopic (exact) mass is 251 g/mol. The van der Waals surface area contributed by atoms with Crippen molar-refractivity contribution < 1.29 is 9.90 Å². The molecule has 1 aliphatic heterocycles. The van der Waals surface area contributed by atoms with E-state index in [0.29, 0.717) is 23.2 Å². The van der Waals surface area contributed by atoms with Gasteiger partial charge in [0.2, 0.25) is 0 Å². The zero-order chi connectivity index (χ0) is 13.4. The maximum absolute atomic E-state index is 11.4. The van der Waals surface area contributed by atoms with E-state index in [1.807, 2.05) is 7.05 Å². The van der Waals surface area contributed by atoms with Gasteiger partial charge in [-0.05, 0) is 32.6 Å². The number of nitrogens with zero attached hydrogens (tertiary/aromatic N) is 3. The molecule has 2 atom stereocenters. The van der Waals surface area contributed by atoms with Crippen LogP contribution in [0.2, 0.25) is 0 Å². The molecule has 1 aromatic rings. The van der Waals surface area contributed by atoms with Crippen LogP contribution < -0.4 is 4.90 Å². The lowest BCUT2D eigenvalue weighted by molar-refractivity contribution is 0.0696. The molecule has 5 heteroatoms. The topological polar surface area (TPSA) is 58.4 Å². The Bertz CT molecular complexity index is 467. The maximum atomic E-state index is 11.4. The van der Waals surface area contributed by atoms with E-state index in [4.69, 9.17) is 0 Å². The first-order chi connectivity index (χ1) is 8.41. The lowest BCUT2D eigenvalue weighted by atomic mass is 9.93. The van der Waals surface area contributed by atoms with Gasteiger partial charge in [-0.25, -0.2) is 4.79 Å². The third-order valence-electron chi connectivity index (χ3n) is 3.82. The Labute approximate surface area is 107 Å². The van der Waals surface area contributed by atoms with E-state index in [1.165, 1.54) is 0 Å². The highest BCUT2D eigenvalue weighted by molar-refractivity contribution is 5.95. The standard InChI is InChI=1S/C13H21N3O2/c1-8-5-6-16(9(2)7-8)12-11(13(17)18)10(3)14-15(12)4/h8-9H,5-7H2,1-4H3,(H,17,18). The van der Waals surface area contributed by atoms with Crippen molar-refractivity contribution in [2.24, 2.45) is 13.0 Å². The predicted octanol–water partition coefficient (Wildman–Crippen LogP) is 2.05. The minimum absolute atomic E-state index is 0.346. The molecule has 0 saturated carbocycles. The molecule has 2 heterocycles. The number of anilines is 1. The van der Waals surface area contributed by atoms with Gasteiger partial charge in [0.1, 0.15) is 11.4 Å².